The van der Waals surface area contributed by atoms with Gasteiger partial charge < -0.3 is 4.98 Å². The Hall–Kier alpha value is -1.99. The van der Waals surface area contributed by atoms with E-state index >= 15 is 0 Å². The summed E-state index contributed by atoms with van der Waals surface area (Å²) in [4.78, 5) is 17.8. The fourth-order valence-corrected chi connectivity index (χ4v) is 2.54. The predicted octanol–water partition coefficient (Wildman–Crippen LogP) is 0.557. The van der Waals surface area contributed by atoms with Gasteiger partial charge in [-0.15, -0.1) is 0 Å². The monoisotopic (exact) mass is 279 g/mol. The fourth-order valence-electron chi connectivity index (χ4n) is 1.47. The number of pyridine rings is 2. The third-order valence-electron chi connectivity index (χ3n) is 2.52. The molecule has 0 aliphatic heterocycles. The lowest BCUT2D eigenvalue weighted by molar-refractivity contribution is 0.580. The first-order valence-electron chi connectivity index (χ1n) is 5.57. The molecule has 0 amide bonds. The zero-order valence-electron chi connectivity index (χ0n) is 10.3. The third kappa shape index (κ3) is 3.27. The number of rotatable bonds is 4. The van der Waals surface area contributed by atoms with Crippen LogP contribution in [-0.2, 0) is 16.6 Å². The molecule has 0 unspecified atom stereocenters. The summed E-state index contributed by atoms with van der Waals surface area (Å²) in [5.74, 6) is 0. The van der Waals surface area contributed by atoms with Crippen LogP contribution in [0.15, 0.2) is 46.5 Å². The minimum absolute atomic E-state index is 0.0872. The maximum atomic E-state index is 11.9. The summed E-state index contributed by atoms with van der Waals surface area (Å²) in [6.45, 7) is 1.93. The number of aromatic nitrogens is 2. The van der Waals surface area contributed by atoms with Crippen LogP contribution in [0.2, 0.25) is 0 Å². The minimum Gasteiger partial charge on any atom is -0.366 e. The lowest BCUT2D eigenvalue weighted by Crippen LogP contribution is -2.28. The normalized spacial score (nSPS) is 11.4. The SMILES string of the molecule is Cc1ccc(CNS(=O)(=O)c2c[nH]ccc2=O)cn1. The second-order valence-corrected chi connectivity index (χ2v) is 5.74. The highest BCUT2D eigenvalue weighted by Gasteiger charge is 2.16. The number of hydrogen-bond donors (Lipinski definition) is 2. The summed E-state index contributed by atoms with van der Waals surface area (Å²) in [6.07, 6.45) is 4.14. The molecular weight excluding hydrogens is 266 g/mol. The number of hydrogen-bond acceptors (Lipinski definition) is 4. The van der Waals surface area contributed by atoms with Gasteiger partial charge in [0, 0.05) is 36.9 Å². The van der Waals surface area contributed by atoms with Gasteiger partial charge in [-0.3, -0.25) is 9.78 Å². The highest BCUT2D eigenvalue weighted by atomic mass is 32.2. The van der Waals surface area contributed by atoms with Crippen LogP contribution in [0.3, 0.4) is 0 Å². The van der Waals surface area contributed by atoms with Crippen LogP contribution < -0.4 is 10.2 Å². The van der Waals surface area contributed by atoms with Crippen LogP contribution >= 0.6 is 0 Å². The molecule has 2 aromatic rings. The largest absolute Gasteiger partial charge is 0.366 e. The highest BCUT2D eigenvalue weighted by Crippen LogP contribution is 2.03. The van der Waals surface area contributed by atoms with E-state index in [9.17, 15) is 13.2 Å². The number of nitrogens with zero attached hydrogens (tertiary/aromatic N) is 1. The Morgan fingerprint density at radius 2 is 2.11 bits per heavy atom. The zero-order chi connectivity index (χ0) is 13.9. The van der Waals surface area contributed by atoms with Gasteiger partial charge in [-0.2, -0.15) is 0 Å². The number of sulfonamides is 1. The van der Waals surface area contributed by atoms with Crippen LogP contribution in [0, 0.1) is 6.92 Å². The fraction of sp³-hybridized carbons (Fsp3) is 0.167. The molecule has 0 aliphatic carbocycles. The molecule has 0 bridgehead atoms. The molecule has 2 heterocycles. The van der Waals surface area contributed by atoms with Gasteiger partial charge in [-0.25, -0.2) is 13.1 Å². The van der Waals surface area contributed by atoms with E-state index < -0.39 is 15.5 Å². The summed E-state index contributed by atoms with van der Waals surface area (Å²) in [7, 11) is -3.82. The van der Waals surface area contributed by atoms with Crippen LogP contribution in [0.1, 0.15) is 11.3 Å². The van der Waals surface area contributed by atoms with Gasteiger partial charge in [-0.05, 0) is 18.6 Å². The summed E-state index contributed by atoms with van der Waals surface area (Å²) in [5, 5.41) is 0. The van der Waals surface area contributed by atoms with Gasteiger partial charge in [-0.1, -0.05) is 6.07 Å². The van der Waals surface area contributed by atoms with Crippen molar-refractivity contribution >= 4 is 10.0 Å². The lowest BCUT2D eigenvalue weighted by Gasteiger charge is -2.06. The molecule has 0 atom stereocenters. The average Bonchev–Trinajstić information content (AvgIpc) is 2.38. The standard InChI is InChI=1S/C12H13N3O3S/c1-9-2-3-10(6-14-9)7-15-19(17,18)12-8-13-5-4-11(12)16/h2-6,8,15H,7H2,1H3,(H,13,16). The van der Waals surface area contributed by atoms with E-state index in [1.807, 2.05) is 6.92 Å². The Bertz CT molecular complexity index is 720. The first kappa shape index (κ1) is 13.4. The van der Waals surface area contributed by atoms with Crippen molar-refractivity contribution in [1.82, 2.24) is 14.7 Å². The van der Waals surface area contributed by atoms with Crippen LogP contribution in [-0.4, -0.2) is 18.4 Å². The average molecular weight is 279 g/mol. The van der Waals surface area contributed by atoms with Crippen molar-refractivity contribution in [2.45, 2.75) is 18.4 Å². The molecule has 0 saturated carbocycles. The van der Waals surface area contributed by atoms with Crippen molar-refractivity contribution in [3.8, 4) is 0 Å². The molecule has 6 nitrogen and oxygen atoms in total. The van der Waals surface area contributed by atoms with Crippen molar-refractivity contribution in [2.24, 2.45) is 0 Å². The smallest absolute Gasteiger partial charge is 0.246 e. The van der Waals surface area contributed by atoms with E-state index in [2.05, 4.69) is 14.7 Å². The maximum Gasteiger partial charge on any atom is 0.246 e. The Morgan fingerprint density at radius 3 is 2.74 bits per heavy atom. The number of nitrogens with one attached hydrogen (secondary N) is 2. The second-order valence-electron chi connectivity index (χ2n) is 4.01. The molecule has 0 saturated heterocycles. The van der Waals surface area contributed by atoms with Gasteiger partial charge in [0.05, 0.1) is 0 Å². The number of aromatic amines is 1. The van der Waals surface area contributed by atoms with Crippen molar-refractivity contribution < 1.29 is 8.42 Å². The Labute approximate surface area is 110 Å². The molecule has 0 fully saturated rings. The van der Waals surface area contributed by atoms with Gasteiger partial charge in [0.2, 0.25) is 15.5 Å². The van der Waals surface area contributed by atoms with Crippen molar-refractivity contribution in [3.63, 3.8) is 0 Å². The third-order valence-corrected chi connectivity index (χ3v) is 3.94. The van der Waals surface area contributed by atoms with Gasteiger partial charge >= 0.3 is 0 Å². The second kappa shape index (κ2) is 5.33. The Kier molecular flexibility index (Phi) is 3.77. The maximum absolute atomic E-state index is 11.9. The molecule has 0 aliphatic rings. The first-order valence-corrected chi connectivity index (χ1v) is 7.06. The molecule has 7 heteroatoms. The van der Waals surface area contributed by atoms with Crippen LogP contribution in [0.25, 0.3) is 0 Å². The summed E-state index contributed by atoms with van der Waals surface area (Å²) in [6, 6.07) is 4.74. The Balaban J connectivity index is 2.17. The van der Waals surface area contributed by atoms with E-state index in [-0.39, 0.29) is 11.4 Å². The topological polar surface area (TPSA) is 91.9 Å². The molecule has 0 aromatic carbocycles. The summed E-state index contributed by atoms with van der Waals surface area (Å²) >= 11 is 0. The van der Waals surface area contributed by atoms with Crippen molar-refractivity contribution in [2.75, 3.05) is 0 Å². The highest BCUT2D eigenvalue weighted by molar-refractivity contribution is 7.89. The minimum atomic E-state index is -3.82. The van der Waals surface area contributed by atoms with Crippen LogP contribution in [0.4, 0.5) is 0 Å². The van der Waals surface area contributed by atoms with E-state index in [0.717, 1.165) is 17.5 Å². The van der Waals surface area contributed by atoms with Crippen LogP contribution in [0.5, 0.6) is 0 Å². The van der Waals surface area contributed by atoms with Crippen molar-refractivity contribution in [3.05, 3.63) is 58.3 Å². The van der Waals surface area contributed by atoms with E-state index in [4.69, 9.17) is 0 Å². The predicted molar refractivity (Wildman–Crippen MR) is 70.1 cm³/mol. The van der Waals surface area contributed by atoms with E-state index in [1.165, 1.54) is 12.3 Å². The van der Waals surface area contributed by atoms with Gasteiger partial charge in [0.25, 0.3) is 0 Å². The quantitative estimate of drug-likeness (QED) is 0.855. The summed E-state index contributed by atoms with van der Waals surface area (Å²) in [5.41, 5.74) is 1.03. The molecule has 2 N–H and O–H groups in total. The van der Waals surface area contributed by atoms with Crippen molar-refractivity contribution in [1.29, 1.82) is 0 Å². The van der Waals surface area contributed by atoms with E-state index in [1.54, 1.807) is 18.3 Å². The molecule has 0 spiro atoms. The lowest BCUT2D eigenvalue weighted by atomic mass is 10.2. The number of aryl methyl sites for hydroxylation is 1. The molecular formula is C12H13N3O3S. The molecule has 100 valence electrons. The van der Waals surface area contributed by atoms with Gasteiger partial charge in [0.15, 0.2) is 0 Å². The van der Waals surface area contributed by atoms with Gasteiger partial charge in [0.1, 0.15) is 4.90 Å². The molecule has 19 heavy (non-hydrogen) atoms. The Morgan fingerprint density at radius 1 is 1.32 bits per heavy atom. The zero-order valence-corrected chi connectivity index (χ0v) is 11.1. The molecule has 2 aromatic heterocycles. The van der Waals surface area contributed by atoms with E-state index in [0.29, 0.717) is 0 Å². The number of H-pyrrole nitrogens is 1. The first-order chi connectivity index (χ1) is 8.99. The summed E-state index contributed by atoms with van der Waals surface area (Å²) < 4.78 is 26.2. The molecule has 0 radical (unpaired) electrons. The molecule has 2 rings (SSSR count).